The molecule has 1 aromatic heterocycles. The van der Waals surface area contributed by atoms with E-state index in [1.54, 1.807) is 6.07 Å². The number of aromatic nitrogens is 2. The minimum absolute atomic E-state index is 0.0940. The van der Waals surface area contributed by atoms with Crippen molar-refractivity contribution in [2.24, 2.45) is 0 Å². The van der Waals surface area contributed by atoms with Crippen LogP contribution in [0.2, 0.25) is 0 Å². The van der Waals surface area contributed by atoms with Crippen LogP contribution >= 0.6 is 15.9 Å². The smallest absolute Gasteiger partial charge is 0.258 e. The van der Waals surface area contributed by atoms with Crippen LogP contribution in [0.25, 0.3) is 10.9 Å². The molecule has 0 saturated heterocycles. The Morgan fingerprint density at radius 2 is 1.86 bits per heavy atom. The summed E-state index contributed by atoms with van der Waals surface area (Å²) in [5.74, 6) is 0.626. The van der Waals surface area contributed by atoms with Gasteiger partial charge in [-0.05, 0) is 43.3 Å². The summed E-state index contributed by atoms with van der Waals surface area (Å²) in [6.45, 7) is 1.97. The molecule has 3 rings (SSSR count). The van der Waals surface area contributed by atoms with Gasteiger partial charge in [-0.2, -0.15) is 0 Å². The fourth-order valence-corrected chi connectivity index (χ4v) is 2.44. The molecule has 0 spiro atoms. The molecule has 4 nitrogen and oxygen atoms in total. The number of aromatic amines is 1. The van der Waals surface area contributed by atoms with Crippen molar-refractivity contribution in [3.63, 3.8) is 0 Å². The first-order chi connectivity index (χ1) is 10.1. The molecule has 1 heterocycles. The third-order valence-corrected chi connectivity index (χ3v) is 3.80. The molecular weight excluding hydrogens is 330 g/mol. The predicted molar refractivity (Wildman–Crippen MR) is 88.5 cm³/mol. The standard InChI is InChI=1S/C16H14BrN3O/c1-10(18-12-8-6-11(17)7-9-12)15-19-14-5-3-2-4-13(14)16(21)20-15/h2-10,18H,1H3,(H,19,20,21). The summed E-state index contributed by atoms with van der Waals surface area (Å²) >= 11 is 3.41. The molecule has 2 aromatic carbocycles. The van der Waals surface area contributed by atoms with Crippen molar-refractivity contribution >= 4 is 32.5 Å². The molecule has 0 saturated carbocycles. The molecular formula is C16H14BrN3O. The van der Waals surface area contributed by atoms with E-state index < -0.39 is 0 Å². The molecule has 0 bridgehead atoms. The summed E-state index contributed by atoms with van der Waals surface area (Å²) in [6.07, 6.45) is 0. The normalized spacial score (nSPS) is 12.3. The van der Waals surface area contributed by atoms with Crippen LogP contribution in [0.1, 0.15) is 18.8 Å². The van der Waals surface area contributed by atoms with E-state index in [1.165, 1.54) is 0 Å². The van der Waals surface area contributed by atoms with Crippen LogP contribution in [0.4, 0.5) is 5.69 Å². The number of H-pyrrole nitrogens is 1. The van der Waals surface area contributed by atoms with Crippen LogP contribution in [0.15, 0.2) is 57.8 Å². The van der Waals surface area contributed by atoms with E-state index in [0.29, 0.717) is 16.7 Å². The highest BCUT2D eigenvalue weighted by Crippen LogP contribution is 2.19. The first kappa shape index (κ1) is 13.8. The van der Waals surface area contributed by atoms with Crippen LogP contribution < -0.4 is 10.9 Å². The zero-order valence-electron chi connectivity index (χ0n) is 11.4. The Morgan fingerprint density at radius 1 is 1.14 bits per heavy atom. The number of halogens is 1. The van der Waals surface area contributed by atoms with Crippen LogP contribution in [-0.2, 0) is 0 Å². The molecule has 21 heavy (non-hydrogen) atoms. The second-order valence-corrected chi connectivity index (χ2v) is 5.76. The van der Waals surface area contributed by atoms with Crippen LogP contribution in [-0.4, -0.2) is 9.97 Å². The highest BCUT2D eigenvalue weighted by atomic mass is 79.9. The van der Waals surface area contributed by atoms with Gasteiger partial charge in [-0.25, -0.2) is 4.98 Å². The number of anilines is 1. The van der Waals surface area contributed by atoms with Gasteiger partial charge in [0.25, 0.3) is 5.56 Å². The number of benzene rings is 2. The molecule has 0 amide bonds. The van der Waals surface area contributed by atoms with Crippen molar-refractivity contribution < 1.29 is 0 Å². The molecule has 0 radical (unpaired) electrons. The molecule has 106 valence electrons. The number of hydrogen-bond donors (Lipinski definition) is 2. The zero-order valence-corrected chi connectivity index (χ0v) is 13.0. The third kappa shape index (κ3) is 2.97. The topological polar surface area (TPSA) is 57.8 Å². The fraction of sp³-hybridized carbons (Fsp3) is 0.125. The lowest BCUT2D eigenvalue weighted by Gasteiger charge is -2.15. The van der Waals surface area contributed by atoms with Crippen molar-refractivity contribution in [1.82, 2.24) is 9.97 Å². The highest BCUT2D eigenvalue weighted by molar-refractivity contribution is 9.10. The molecule has 3 aromatic rings. The second-order valence-electron chi connectivity index (χ2n) is 4.84. The summed E-state index contributed by atoms with van der Waals surface area (Å²) in [7, 11) is 0. The Hall–Kier alpha value is -2.14. The Kier molecular flexibility index (Phi) is 3.75. The van der Waals surface area contributed by atoms with Crippen molar-refractivity contribution in [1.29, 1.82) is 0 Å². The Labute approximate surface area is 130 Å². The van der Waals surface area contributed by atoms with Gasteiger partial charge >= 0.3 is 0 Å². The van der Waals surface area contributed by atoms with Gasteiger partial charge in [0.1, 0.15) is 5.82 Å². The summed E-state index contributed by atoms with van der Waals surface area (Å²) in [6, 6.07) is 15.1. The number of nitrogens with one attached hydrogen (secondary N) is 2. The van der Waals surface area contributed by atoms with E-state index >= 15 is 0 Å². The minimum Gasteiger partial charge on any atom is -0.375 e. The number of nitrogens with zero attached hydrogens (tertiary/aromatic N) is 1. The maximum absolute atomic E-state index is 12.1. The van der Waals surface area contributed by atoms with Gasteiger partial charge < -0.3 is 10.3 Å². The van der Waals surface area contributed by atoms with Crippen molar-refractivity contribution in [2.75, 3.05) is 5.32 Å². The highest BCUT2D eigenvalue weighted by Gasteiger charge is 2.10. The molecule has 0 fully saturated rings. The number of hydrogen-bond acceptors (Lipinski definition) is 3. The first-order valence-electron chi connectivity index (χ1n) is 6.64. The molecule has 2 N–H and O–H groups in total. The number of para-hydroxylation sites is 1. The van der Waals surface area contributed by atoms with Crippen molar-refractivity contribution in [3.05, 3.63) is 69.2 Å². The minimum atomic E-state index is -0.111. The molecule has 1 atom stereocenters. The van der Waals surface area contributed by atoms with E-state index in [1.807, 2.05) is 49.4 Å². The van der Waals surface area contributed by atoms with Gasteiger partial charge in [0.15, 0.2) is 0 Å². The third-order valence-electron chi connectivity index (χ3n) is 3.27. The Balaban J connectivity index is 1.92. The van der Waals surface area contributed by atoms with E-state index in [2.05, 4.69) is 31.2 Å². The summed E-state index contributed by atoms with van der Waals surface area (Å²) in [5.41, 5.74) is 1.57. The van der Waals surface area contributed by atoms with Crippen molar-refractivity contribution in [2.45, 2.75) is 13.0 Å². The average molecular weight is 344 g/mol. The van der Waals surface area contributed by atoms with Gasteiger partial charge in [0.2, 0.25) is 0 Å². The quantitative estimate of drug-likeness (QED) is 0.759. The van der Waals surface area contributed by atoms with Gasteiger partial charge in [-0.15, -0.1) is 0 Å². The fourth-order valence-electron chi connectivity index (χ4n) is 2.17. The van der Waals surface area contributed by atoms with Crippen LogP contribution in [0.3, 0.4) is 0 Å². The lowest BCUT2D eigenvalue weighted by atomic mass is 10.2. The van der Waals surface area contributed by atoms with E-state index in [0.717, 1.165) is 10.2 Å². The molecule has 0 aliphatic carbocycles. The summed E-state index contributed by atoms with van der Waals surface area (Å²) in [5, 5.41) is 3.93. The van der Waals surface area contributed by atoms with Gasteiger partial charge in [-0.1, -0.05) is 28.1 Å². The van der Waals surface area contributed by atoms with Crippen LogP contribution in [0, 0.1) is 0 Å². The number of rotatable bonds is 3. The van der Waals surface area contributed by atoms with Gasteiger partial charge in [-0.3, -0.25) is 4.79 Å². The Bertz CT molecular complexity index is 827. The average Bonchev–Trinajstić information content (AvgIpc) is 2.49. The number of fused-ring (bicyclic) bond motifs is 1. The van der Waals surface area contributed by atoms with Crippen molar-refractivity contribution in [3.8, 4) is 0 Å². The maximum Gasteiger partial charge on any atom is 0.258 e. The molecule has 5 heteroatoms. The molecule has 0 aliphatic rings. The molecule has 0 aliphatic heterocycles. The van der Waals surface area contributed by atoms with E-state index in [-0.39, 0.29) is 11.6 Å². The maximum atomic E-state index is 12.1. The second kappa shape index (κ2) is 5.69. The Morgan fingerprint density at radius 3 is 2.62 bits per heavy atom. The summed E-state index contributed by atoms with van der Waals surface area (Å²) < 4.78 is 1.03. The lowest BCUT2D eigenvalue weighted by Crippen LogP contribution is -2.17. The lowest BCUT2D eigenvalue weighted by molar-refractivity contribution is 0.791. The zero-order chi connectivity index (χ0) is 14.8. The van der Waals surface area contributed by atoms with E-state index in [4.69, 9.17) is 0 Å². The van der Waals surface area contributed by atoms with Gasteiger partial charge in [0.05, 0.1) is 16.9 Å². The monoisotopic (exact) mass is 343 g/mol. The SMILES string of the molecule is CC(Nc1ccc(Br)cc1)c1nc2ccccc2c(=O)[nH]1. The first-order valence-corrected chi connectivity index (χ1v) is 7.44. The molecule has 1 unspecified atom stereocenters. The van der Waals surface area contributed by atoms with Crippen LogP contribution in [0.5, 0.6) is 0 Å². The predicted octanol–water partition coefficient (Wildman–Crippen LogP) is 3.86. The van der Waals surface area contributed by atoms with Gasteiger partial charge in [0, 0.05) is 10.2 Å². The van der Waals surface area contributed by atoms with E-state index in [9.17, 15) is 4.79 Å². The summed E-state index contributed by atoms with van der Waals surface area (Å²) in [4.78, 5) is 19.4. The largest absolute Gasteiger partial charge is 0.375 e.